The maximum absolute atomic E-state index is 11.7. The second-order valence-corrected chi connectivity index (χ2v) is 5.92. The first-order valence-electron chi connectivity index (χ1n) is 6.94. The molecule has 7 heteroatoms. The standard InChI is InChI=1S/C15H19N3O3S/c1-5-21-14(19)10(2)22-15-17-16-13(18(15)3)11-7-6-8-12(9-11)20-4/h6-10H,5H2,1-4H3/t10-/m1/s1. The highest BCUT2D eigenvalue weighted by molar-refractivity contribution is 8.00. The number of benzene rings is 1. The van der Waals surface area contributed by atoms with E-state index in [1.54, 1.807) is 21.0 Å². The maximum atomic E-state index is 11.7. The van der Waals surface area contributed by atoms with Crippen molar-refractivity contribution in [3.63, 3.8) is 0 Å². The van der Waals surface area contributed by atoms with Gasteiger partial charge in [-0.2, -0.15) is 0 Å². The van der Waals surface area contributed by atoms with Crippen molar-refractivity contribution >= 4 is 17.7 Å². The van der Waals surface area contributed by atoms with E-state index in [1.807, 2.05) is 35.9 Å². The molecule has 0 radical (unpaired) electrons. The van der Waals surface area contributed by atoms with Crippen molar-refractivity contribution in [2.24, 2.45) is 7.05 Å². The van der Waals surface area contributed by atoms with Gasteiger partial charge in [0.1, 0.15) is 11.0 Å². The van der Waals surface area contributed by atoms with Gasteiger partial charge in [0, 0.05) is 12.6 Å². The molecule has 0 aliphatic heterocycles. The Morgan fingerprint density at radius 1 is 1.41 bits per heavy atom. The monoisotopic (exact) mass is 321 g/mol. The fourth-order valence-corrected chi connectivity index (χ4v) is 2.71. The summed E-state index contributed by atoms with van der Waals surface area (Å²) in [4.78, 5) is 11.7. The molecule has 0 amide bonds. The van der Waals surface area contributed by atoms with E-state index in [4.69, 9.17) is 9.47 Å². The summed E-state index contributed by atoms with van der Waals surface area (Å²) >= 11 is 1.33. The molecule has 118 valence electrons. The van der Waals surface area contributed by atoms with Gasteiger partial charge in [-0.25, -0.2) is 0 Å². The quantitative estimate of drug-likeness (QED) is 0.602. The Hall–Kier alpha value is -2.02. The molecule has 0 N–H and O–H groups in total. The highest BCUT2D eigenvalue weighted by Gasteiger charge is 2.20. The lowest BCUT2D eigenvalue weighted by Gasteiger charge is -2.10. The number of rotatable bonds is 6. The predicted molar refractivity (Wildman–Crippen MR) is 84.9 cm³/mol. The van der Waals surface area contributed by atoms with Crippen molar-refractivity contribution in [1.29, 1.82) is 0 Å². The smallest absolute Gasteiger partial charge is 0.319 e. The van der Waals surface area contributed by atoms with E-state index < -0.39 is 0 Å². The predicted octanol–water partition coefficient (Wildman–Crippen LogP) is 2.53. The third-order valence-electron chi connectivity index (χ3n) is 3.06. The van der Waals surface area contributed by atoms with Gasteiger partial charge in [-0.3, -0.25) is 4.79 Å². The number of ether oxygens (including phenoxy) is 2. The number of nitrogens with zero attached hydrogens (tertiary/aromatic N) is 3. The lowest BCUT2D eigenvalue weighted by molar-refractivity contribution is -0.142. The van der Waals surface area contributed by atoms with Crippen LogP contribution in [0.15, 0.2) is 29.4 Å². The van der Waals surface area contributed by atoms with Crippen LogP contribution in [0.5, 0.6) is 5.75 Å². The second-order valence-electron chi connectivity index (χ2n) is 4.61. The molecule has 1 aromatic carbocycles. The van der Waals surface area contributed by atoms with E-state index in [-0.39, 0.29) is 11.2 Å². The summed E-state index contributed by atoms with van der Waals surface area (Å²) in [5, 5.41) is 8.69. The van der Waals surface area contributed by atoms with Gasteiger partial charge < -0.3 is 14.0 Å². The Bertz CT molecular complexity index is 657. The SMILES string of the molecule is CCOC(=O)[C@@H](C)Sc1nnc(-c2cccc(OC)c2)n1C. The Morgan fingerprint density at radius 3 is 2.86 bits per heavy atom. The van der Waals surface area contributed by atoms with Crippen LogP contribution in [-0.4, -0.2) is 39.7 Å². The van der Waals surface area contributed by atoms with Crippen LogP contribution in [0.3, 0.4) is 0 Å². The van der Waals surface area contributed by atoms with Crippen LogP contribution in [0.25, 0.3) is 11.4 Å². The fraction of sp³-hybridized carbons (Fsp3) is 0.400. The normalized spacial score (nSPS) is 12.0. The van der Waals surface area contributed by atoms with Crippen LogP contribution in [0.4, 0.5) is 0 Å². The van der Waals surface area contributed by atoms with Gasteiger partial charge in [0.2, 0.25) is 0 Å². The molecule has 0 spiro atoms. The van der Waals surface area contributed by atoms with Gasteiger partial charge in [0.25, 0.3) is 0 Å². The van der Waals surface area contributed by atoms with E-state index in [2.05, 4.69) is 10.2 Å². The summed E-state index contributed by atoms with van der Waals surface area (Å²) < 4.78 is 12.1. The highest BCUT2D eigenvalue weighted by Crippen LogP contribution is 2.27. The summed E-state index contributed by atoms with van der Waals surface area (Å²) in [6, 6.07) is 7.61. The summed E-state index contributed by atoms with van der Waals surface area (Å²) in [7, 11) is 3.49. The molecule has 1 aromatic heterocycles. The molecular formula is C15H19N3O3S. The topological polar surface area (TPSA) is 66.2 Å². The lowest BCUT2D eigenvalue weighted by Crippen LogP contribution is -2.17. The summed E-state index contributed by atoms with van der Waals surface area (Å²) in [6.45, 7) is 3.96. The van der Waals surface area contributed by atoms with E-state index in [9.17, 15) is 4.79 Å². The Balaban J connectivity index is 2.20. The summed E-state index contributed by atoms with van der Waals surface area (Å²) in [5.74, 6) is 1.23. The first-order valence-corrected chi connectivity index (χ1v) is 7.81. The van der Waals surface area contributed by atoms with Crippen LogP contribution >= 0.6 is 11.8 Å². The molecule has 1 heterocycles. The van der Waals surface area contributed by atoms with Crippen molar-refractivity contribution in [1.82, 2.24) is 14.8 Å². The van der Waals surface area contributed by atoms with E-state index >= 15 is 0 Å². The molecule has 6 nitrogen and oxygen atoms in total. The zero-order valence-electron chi connectivity index (χ0n) is 13.1. The molecule has 0 fully saturated rings. The minimum Gasteiger partial charge on any atom is -0.497 e. The van der Waals surface area contributed by atoms with Crippen molar-refractivity contribution in [3.8, 4) is 17.1 Å². The largest absolute Gasteiger partial charge is 0.497 e. The van der Waals surface area contributed by atoms with E-state index in [0.717, 1.165) is 17.1 Å². The Labute approximate surface area is 133 Å². The van der Waals surface area contributed by atoms with Crippen LogP contribution in [0, 0.1) is 0 Å². The minimum absolute atomic E-state index is 0.251. The number of hydrogen-bond acceptors (Lipinski definition) is 6. The first kappa shape index (κ1) is 16.4. The van der Waals surface area contributed by atoms with Crippen molar-refractivity contribution in [2.75, 3.05) is 13.7 Å². The lowest BCUT2D eigenvalue weighted by atomic mass is 10.2. The zero-order valence-corrected chi connectivity index (χ0v) is 13.9. The number of hydrogen-bond donors (Lipinski definition) is 0. The number of aromatic nitrogens is 3. The maximum Gasteiger partial charge on any atom is 0.319 e. The van der Waals surface area contributed by atoms with Gasteiger partial charge in [-0.05, 0) is 26.0 Å². The van der Waals surface area contributed by atoms with E-state index in [1.165, 1.54) is 11.8 Å². The number of thioether (sulfide) groups is 1. The molecule has 2 aromatic rings. The molecule has 0 saturated heterocycles. The summed E-state index contributed by atoms with van der Waals surface area (Å²) in [5.41, 5.74) is 0.907. The third kappa shape index (κ3) is 3.59. The van der Waals surface area contributed by atoms with Crippen molar-refractivity contribution in [3.05, 3.63) is 24.3 Å². The van der Waals surface area contributed by atoms with Crippen molar-refractivity contribution < 1.29 is 14.3 Å². The molecule has 22 heavy (non-hydrogen) atoms. The zero-order chi connectivity index (χ0) is 16.1. The van der Waals surface area contributed by atoms with Gasteiger partial charge in [0.05, 0.1) is 13.7 Å². The second kappa shape index (κ2) is 7.31. The van der Waals surface area contributed by atoms with Crippen LogP contribution in [0.2, 0.25) is 0 Å². The molecular weight excluding hydrogens is 302 g/mol. The van der Waals surface area contributed by atoms with Gasteiger partial charge in [-0.1, -0.05) is 23.9 Å². The number of esters is 1. The van der Waals surface area contributed by atoms with Crippen LogP contribution < -0.4 is 4.74 Å². The van der Waals surface area contributed by atoms with Crippen LogP contribution in [0.1, 0.15) is 13.8 Å². The highest BCUT2D eigenvalue weighted by atomic mass is 32.2. The van der Waals surface area contributed by atoms with Crippen LogP contribution in [-0.2, 0) is 16.6 Å². The molecule has 0 saturated carbocycles. The molecule has 1 atom stereocenters. The summed E-state index contributed by atoms with van der Waals surface area (Å²) in [6.07, 6.45) is 0. The van der Waals surface area contributed by atoms with Gasteiger partial charge >= 0.3 is 5.97 Å². The fourth-order valence-electron chi connectivity index (χ4n) is 1.90. The molecule has 0 aliphatic carbocycles. The minimum atomic E-state index is -0.332. The van der Waals surface area contributed by atoms with Crippen molar-refractivity contribution in [2.45, 2.75) is 24.3 Å². The van der Waals surface area contributed by atoms with Gasteiger partial charge in [0.15, 0.2) is 11.0 Å². The molecule has 0 bridgehead atoms. The Morgan fingerprint density at radius 2 is 2.18 bits per heavy atom. The molecule has 2 rings (SSSR count). The number of methoxy groups -OCH3 is 1. The Kier molecular flexibility index (Phi) is 5.43. The third-order valence-corrected chi connectivity index (χ3v) is 4.18. The van der Waals surface area contributed by atoms with Gasteiger partial charge in [-0.15, -0.1) is 10.2 Å². The first-order chi connectivity index (χ1) is 10.6. The average Bonchev–Trinajstić information content (AvgIpc) is 2.88. The average molecular weight is 321 g/mol. The number of carbonyl (C=O) groups excluding carboxylic acids is 1. The van der Waals surface area contributed by atoms with E-state index in [0.29, 0.717) is 11.8 Å². The molecule has 0 aliphatic rings. The molecule has 0 unspecified atom stereocenters. The number of carbonyl (C=O) groups is 1.